The molecule has 70 valence electrons. The quantitative estimate of drug-likeness (QED) is 0.555. The molecule has 0 aromatic heterocycles. The number of ether oxygens (including phenoxy) is 1. The maximum absolute atomic E-state index is 11.3. The minimum atomic E-state index is -1.42. The number of hydrogen-bond acceptors (Lipinski definition) is 3. The number of aliphatic hydroxyl groups is 1. The molecule has 0 heterocycles. The van der Waals surface area contributed by atoms with Crippen LogP contribution in [-0.4, -0.2) is 16.9 Å². The molecule has 1 aromatic carbocycles. The molecule has 0 radical (unpaired) electrons. The number of carbonyl (C=O) groups excluding carboxylic acids is 1. The lowest BCUT2D eigenvalue weighted by Gasteiger charge is -2.17. The zero-order chi connectivity index (χ0) is 9.90. The number of hydrogen-bond donors (Lipinski definition) is 1. The van der Waals surface area contributed by atoms with Gasteiger partial charge >= 0.3 is 5.97 Å². The topological polar surface area (TPSA) is 46.5 Å². The van der Waals surface area contributed by atoms with Crippen LogP contribution in [0.4, 0.5) is 0 Å². The van der Waals surface area contributed by atoms with E-state index in [0.29, 0.717) is 5.56 Å². The lowest BCUT2D eigenvalue weighted by atomic mass is 10.2. The van der Waals surface area contributed by atoms with Crippen LogP contribution in [0.15, 0.2) is 30.3 Å². The molecule has 0 fully saturated rings. The van der Waals surface area contributed by atoms with Gasteiger partial charge in [-0.15, -0.1) is 0 Å². The van der Waals surface area contributed by atoms with Crippen LogP contribution < -0.4 is 0 Å². The monoisotopic (exact) mass is 180 g/mol. The normalized spacial score (nSPS) is 11.0. The fourth-order valence-corrected chi connectivity index (χ4v) is 0.860. The molecule has 0 spiro atoms. The largest absolute Gasteiger partial charge is 0.430 e. The molecule has 0 saturated carbocycles. The second kappa shape index (κ2) is 3.58. The van der Waals surface area contributed by atoms with E-state index in [1.165, 1.54) is 13.8 Å². The predicted molar refractivity (Wildman–Crippen MR) is 48.2 cm³/mol. The molecule has 0 aliphatic carbocycles. The Kier molecular flexibility index (Phi) is 2.68. The Morgan fingerprint density at radius 1 is 1.31 bits per heavy atom. The molecule has 0 atom stereocenters. The van der Waals surface area contributed by atoms with Crippen LogP contribution in [0.1, 0.15) is 24.2 Å². The molecule has 3 heteroatoms. The molecule has 13 heavy (non-hydrogen) atoms. The fraction of sp³-hybridized carbons (Fsp3) is 0.300. The van der Waals surface area contributed by atoms with E-state index in [1.807, 2.05) is 0 Å². The Labute approximate surface area is 77.0 Å². The summed E-state index contributed by atoms with van der Waals surface area (Å²) in [6.07, 6.45) is 0. The Hall–Kier alpha value is -1.35. The third-order valence-corrected chi connectivity index (χ3v) is 1.35. The van der Waals surface area contributed by atoms with Crippen molar-refractivity contribution in [3.8, 4) is 0 Å². The molecule has 3 nitrogen and oxygen atoms in total. The van der Waals surface area contributed by atoms with Crippen LogP contribution in [0.5, 0.6) is 0 Å². The summed E-state index contributed by atoms with van der Waals surface area (Å²) < 4.78 is 4.74. The summed E-state index contributed by atoms with van der Waals surface area (Å²) >= 11 is 0. The van der Waals surface area contributed by atoms with E-state index >= 15 is 0 Å². The van der Waals surface area contributed by atoms with Crippen molar-refractivity contribution in [1.29, 1.82) is 0 Å². The van der Waals surface area contributed by atoms with Crippen LogP contribution in [0.3, 0.4) is 0 Å². The van der Waals surface area contributed by atoms with Crippen molar-refractivity contribution < 1.29 is 14.6 Å². The summed E-state index contributed by atoms with van der Waals surface area (Å²) in [5.74, 6) is -1.94. The van der Waals surface area contributed by atoms with Crippen molar-refractivity contribution in [3.05, 3.63) is 35.9 Å². The molecule has 0 saturated heterocycles. The number of benzene rings is 1. The van der Waals surface area contributed by atoms with Crippen LogP contribution in [-0.2, 0) is 4.74 Å². The van der Waals surface area contributed by atoms with Gasteiger partial charge in [-0.1, -0.05) is 18.2 Å². The molecule has 0 bridgehead atoms. The Bertz CT molecular complexity index is 285. The predicted octanol–water partition coefficient (Wildman–Crippen LogP) is 1.57. The van der Waals surface area contributed by atoms with Crippen molar-refractivity contribution in [2.24, 2.45) is 0 Å². The van der Waals surface area contributed by atoms with Gasteiger partial charge in [0, 0.05) is 13.8 Å². The van der Waals surface area contributed by atoms with Crippen molar-refractivity contribution in [2.45, 2.75) is 19.6 Å². The minimum absolute atomic E-state index is 0.435. The second-order valence-corrected chi connectivity index (χ2v) is 3.20. The molecular formula is C10H12O3. The van der Waals surface area contributed by atoms with Gasteiger partial charge in [-0.25, -0.2) is 4.79 Å². The molecule has 1 aromatic rings. The summed E-state index contributed by atoms with van der Waals surface area (Å²) in [6, 6.07) is 8.55. The summed E-state index contributed by atoms with van der Waals surface area (Å²) in [6.45, 7) is 2.82. The fourth-order valence-electron chi connectivity index (χ4n) is 0.860. The van der Waals surface area contributed by atoms with Gasteiger partial charge in [0.05, 0.1) is 5.56 Å². The van der Waals surface area contributed by atoms with Gasteiger partial charge in [-0.05, 0) is 12.1 Å². The second-order valence-electron chi connectivity index (χ2n) is 3.20. The maximum atomic E-state index is 11.3. The van der Waals surface area contributed by atoms with Crippen LogP contribution >= 0.6 is 0 Å². The van der Waals surface area contributed by atoms with E-state index in [9.17, 15) is 9.90 Å². The standard InChI is InChI=1S/C10H12O3/c1-10(2,12)13-9(11)8-6-4-3-5-7-8/h3-7,12H,1-2H3. The highest BCUT2D eigenvalue weighted by atomic mass is 16.7. The lowest BCUT2D eigenvalue weighted by Crippen LogP contribution is -2.27. The molecule has 1 N–H and O–H groups in total. The highest BCUT2D eigenvalue weighted by Crippen LogP contribution is 2.08. The van der Waals surface area contributed by atoms with E-state index in [0.717, 1.165) is 0 Å². The van der Waals surface area contributed by atoms with E-state index in [1.54, 1.807) is 30.3 Å². The SMILES string of the molecule is CC(C)(O)OC(=O)c1ccccc1. The zero-order valence-electron chi connectivity index (χ0n) is 7.65. The smallest absolute Gasteiger partial charge is 0.340 e. The van der Waals surface area contributed by atoms with Gasteiger partial charge in [0.2, 0.25) is 5.79 Å². The number of esters is 1. The first-order valence-corrected chi connectivity index (χ1v) is 4.00. The minimum Gasteiger partial charge on any atom is -0.430 e. The maximum Gasteiger partial charge on any atom is 0.340 e. The highest BCUT2D eigenvalue weighted by Gasteiger charge is 2.18. The number of rotatable bonds is 2. The Morgan fingerprint density at radius 3 is 2.31 bits per heavy atom. The first kappa shape index (κ1) is 9.74. The average molecular weight is 180 g/mol. The molecule has 0 unspecified atom stereocenters. The van der Waals surface area contributed by atoms with Gasteiger partial charge < -0.3 is 9.84 Å². The van der Waals surface area contributed by atoms with Gasteiger partial charge in [-0.2, -0.15) is 0 Å². The zero-order valence-corrected chi connectivity index (χ0v) is 7.65. The number of carbonyl (C=O) groups is 1. The third kappa shape index (κ3) is 3.25. The molecule has 0 aliphatic heterocycles. The Morgan fingerprint density at radius 2 is 1.85 bits per heavy atom. The Balaban J connectivity index is 2.71. The first-order valence-electron chi connectivity index (χ1n) is 4.00. The summed E-state index contributed by atoms with van der Waals surface area (Å²) in [5, 5.41) is 9.21. The van der Waals surface area contributed by atoms with Crippen LogP contribution in [0.2, 0.25) is 0 Å². The lowest BCUT2D eigenvalue weighted by molar-refractivity contribution is -0.136. The van der Waals surface area contributed by atoms with Crippen LogP contribution in [0, 0.1) is 0 Å². The summed E-state index contributed by atoms with van der Waals surface area (Å²) in [5.41, 5.74) is 0.435. The van der Waals surface area contributed by atoms with Crippen LogP contribution in [0.25, 0.3) is 0 Å². The van der Waals surface area contributed by atoms with E-state index < -0.39 is 11.8 Å². The highest BCUT2D eigenvalue weighted by molar-refractivity contribution is 5.89. The molecule has 1 rings (SSSR count). The van der Waals surface area contributed by atoms with Gasteiger partial charge in [0.15, 0.2) is 0 Å². The molecule has 0 amide bonds. The van der Waals surface area contributed by atoms with Crippen molar-refractivity contribution >= 4 is 5.97 Å². The van der Waals surface area contributed by atoms with E-state index in [2.05, 4.69) is 0 Å². The summed E-state index contributed by atoms with van der Waals surface area (Å²) in [7, 11) is 0. The average Bonchev–Trinajstić information content (AvgIpc) is 2.03. The van der Waals surface area contributed by atoms with Crippen molar-refractivity contribution in [2.75, 3.05) is 0 Å². The summed E-state index contributed by atoms with van der Waals surface area (Å²) in [4.78, 5) is 11.3. The molecule has 0 aliphatic rings. The third-order valence-electron chi connectivity index (χ3n) is 1.35. The van der Waals surface area contributed by atoms with Gasteiger partial charge in [-0.3, -0.25) is 0 Å². The first-order chi connectivity index (χ1) is 5.99. The van der Waals surface area contributed by atoms with E-state index in [-0.39, 0.29) is 0 Å². The molecular weight excluding hydrogens is 168 g/mol. The van der Waals surface area contributed by atoms with Crippen molar-refractivity contribution in [1.82, 2.24) is 0 Å². The van der Waals surface area contributed by atoms with Gasteiger partial charge in [0.25, 0.3) is 0 Å². The van der Waals surface area contributed by atoms with E-state index in [4.69, 9.17) is 4.74 Å². The van der Waals surface area contributed by atoms with Gasteiger partial charge in [0.1, 0.15) is 0 Å². The van der Waals surface area contributed by atoms with Crippen molar-refractivity contribution in [3.63, 3.8) is 0 Å².